The molecule has 1 N–H and O–H groups in total. The summed E-state index contributed by atoms with van der Waals surface area (Å²) in [7, 11) is 0. The third-order valence-electron chi connectivity index (χ3n) is 2.70. The van der Waals surface area contributed by atoms with Gasteiger partial charge in [-0.2, -0.15) is 11.8 Å². The van der Waals surface area contributed by atoms with Crippen LogP contribution in [0.3, 0.4) is 0 Å². The third-order valence-corrected chi connectivity index (χ3v) is 3.65. The number of rotatable bonds is 1. The predicted molar refractivity (Wildman–Crippen MR) is 58.0 cm³/mol. The molecule has 2 saturated heterocycles. The number of thioether (sulfide) groups is 1. The van der Waals surface area contributed by atoms with Crippen molar-refractivity contribution in [2.75, 3.05) is 50.8 Å². The Morgan fingerprint density at radius 3 is 2.46 bits per heavy atom. The molecular weight excluding hydrogens is 182 g/mol. The molecule has 76 valence electrons. The summed E-state index contributed by atoms with van der Waals surface area (Å²) in [5, 5.41) is 8.53. The minimum Gasteiger partial charge on any atom is -0.315 e. The van der Waals surface area contributed by atoms with E-state index in [1.807, 2.05) is 0 Å². The van der Waals surface area contributed by atoms with Crippen LogP contribution in [-0.2, 0) is 0 Å². The van der Waals surface area contributed by atoms with Gasteiger partial charge in [0.2, 0.25) is 0 Å². The fraction of sp³-hybridized carbons (Fsp3) is 1.00. The molecule has 0 radical (unpaired) electrons. The first-order valence-electron chi connectivity index (χ1n) is 5.25. The molecule has 0 saturated carbocycles. The molecule has 0 amide bonds. The van der Waals surface area contributed by atoms with Crippen molar-refractivity contribution in [3.8, 4) is 0 Å². The lowest BCUT2D eigenvalue weighted by Gasteiger charge is -2.36. The fourth-order valence-corrected chi connectivity index (χ4v) is 2.83. The largest absolute Gasteiger partial charge is 0.315 e. The number of hydrogen-bond acceptors (Lipinski definition) is 4. The van der Waals surface area contributed by atoms with Crippen LogP contribution in [0.1, 0.15) is 6.42 Å². The summed E-state index contributed by atoms with van der Waals surface area (Å²) < 4.78 is 0. The summed E-state index contributed by atoms with van der Waals surface area (Å²) in [5.41, 5.74) is 0. The molecule has 0 spiro atoms. The van der Waals surface area contributed by atoms with Gasteiger partial charge in [0.1, 0.15) is 0 Å². The van der Waals surface area contributed by atoms with E-state index in [1.165, 1.54) is 50.7 Å². The Hall–Kier alpha value is 0.230. The van der Waals surface area contributed by atoms with E-state index in [0.29, 0.717) is 0 Å². The average molecular weight is 201 g/mol. The van der Waals surface area contributed by atoms with E-state index in [0.717, 1.165) is 6.54 Å². The van der Waals surface area contributed by atoms with Crippen LogP contribution in [-0.4, -0.2) is 60.8 Å². The molecule has 2 aliphatic heterocycles. The molecule has 3 nitrogen and oxygen atoms in total. The zero-order valence-electron chi connectivity index (χ0n) is 8.17. The monoisotopic (exact) mass is 201 g/mol. The Bertz CT molecular complexity index is 140. The minimum atomic E-state index is 1.16. The van der Waals surface area contributed by atoms with Crippen LogP contribution in [0.4, 0.5) is 0 Å². The van der Waals surface area contributed by atoms with Crippen molar-refractivity contribution in [3.05, 3.63) is 0 Å². The topological polar surface area (TPSA) is 18.5 Å². The van der Waals surface area contributed by atoms with Crippen molar-refractivity contribution in [1.82, 2.24) is 15.3 Å². The average Bonchev–Trinajstić information content (AvgIpc) is 2.47. The van der Waals surface area contributed by atoms with Gasteiger partial charge in [-0.1, -0.05) is 0 Å². The van der Waals surface area contributed by atoms with Gasteiger partial charge in [0.05, 0.1) is 0 Å². The molecule has 0 aromatic heterocycles. The van der Waals surface area contributed by atoms with Crippen LogP contribution in [0.15, 0.2) is 0 Å². The van der Waals surface area contributed by atoms with E-state index >= 15 is 0 Å². The first-order valence-corrected chi connectivity index (χ1v) is 6.40. The number of hydrazine groups is 1. The highest BCUT2D eigenvalue weighted by Crippen LogP contribution is 2.12. The van der Waals surface area contributed by atoms with Crippen LogP contribution in [0.25, 0.3) is 0 Å². The summed E-state index contributed by atoms with van der Waals surface area (Å²) in [6.45, 7) is 7.31. The molecular formula is C9H19N3S. The maximum absolute atomic E-state index is 3.44. The van der Waals surface area contributed by atoms with E-state index in [2.05, 4.69) is 27.1 Å². The highest BCUT2D eigenvalue weighted by Gasteiger charge is 2.18. The van der Waals surface area contributed by atoms with Crippen molar-refractivity contribution >= 4 is 11.8 Å². The molecule has 13 heavy (non-hydrogen) atoms. The SMILES string of the molecule is C1CNCCN(N2CCSCC2)C1. The molecule has 2 rings (SSSR count). The third kappa shape index (κ3) is 2.84. The van der Waals surface area contributed by atoms with Crippen LogP contribution in [0.5, 0.6) is 0 Å². The molecule has 2 heterocycles. The Morgan fingerprint density at radius 1 is 0.846 bits per heavy atom. The van der Waals surface area contributed by atoms with Crippen LogP contribution in [0.2, 0.25) is 0 Å². The van der Waals surface area contributed by atoms with Crippen molar-refractivity contribution in [2.24, 2.45) is 0 Å². The van der Waals surface area contributed by atoms with Crippen molar-refractivity contribution in [2.45, 2.75) is 6.42 Å². The van der Waals surface area contributed by atoms with Crippen LogP contribution >= 0.6 is 11.8 Å². The maximum Gasteiger partial charge on any atom is 0.0258 e. The van der Waals surface area contributed by atoms with Crippen LogP contribution < -0.4 is 5.32 Å². The predicted octanol–water partition coefficient (Wildman–Crippen LogP) is 0.246. The van der Waals surface area contributed by atoms with E-state index < -0.39 is 0 Å². The lowest BCUT2D eigenvalue weighted by Crippen LogP contribution is -2.48. The normalized spacial score (nSPS) is 28.6. The number of hydrogen-bond donors (Lipinski definition) is 1. The van der Waals surface area contributed by atoms with Gasteiger partial charge in [-0.05, 0) is 13.0 Å². The van der Waals surface area contributed by atoms with Gasteiger partial charge < -0.3 is 5.32 Å². The smallest absolute Gasteiger partial charge is 0.0258 e. The maximum atomic E-state index is 3.44. The molecule has 4 heteroatoms. The zero-order chi connectivity index (χ0) is 8.93. The van der Waals surface area contributed by atoms with Gasteiger partial charge in [0, 0.05) is 44.2 Å². The van der Waals surface area contributed by atoms with Gasteiger partial charge in [0.25, 0.3) is 0 Å². The number of nitrogens with one attached hydrogen (secondary N) is 1. The molecule has 0 unspecified atom stereocenters. The summed E-state index contributed by atoms with van der Waals surface area (Å²) in [6.07, 6.45) is 1.30. The molecule has 0 aromatic carbocycles. The summed E-state index contributed by atoms with van der Waals surface area (Å²) >= 11 is 2.08. The Kier molecular flexibility index (Phi) is 3.91. The Morgan fingerprint density at radius 2 is 1.62 bits per heavy atom. The molecule has 2 fully saturated rings. The summed E-state index contributed by atoms with van der Waals surface area (Å²) in [5.74, 6) is 2.62. The standard InChI is InChI=1S/C9H19N3S/c1-2-10-3-5-11(4-1)12-6-8-13-9-7-12/h10H,1-9H2. The van der Waals surface area contributed by atoms with E-state index in [9.17, 15) is 0 Å². The second-order valence-electron chi connectivity index (χ2n) is 3.62. The van der Waals surface area contributed by atoms with Crippen molar-refractivity contribution < 1.29 is 0 Å². The minimum absolute atomic E-state index is 1.16. The molecule has 0 bridgehead atoms. The Labute approximate surface area is 84.8 Å². The second kappa shape index (κ2) is 5.20. The van der Waals surface area contributed by atoms with Gasteiger partial charge in [-0.15, -0.1) is 0 Å². The quantitative estimate of drug-likeness (QED) is 0.655. The number of nitrogens with zero attached hydrogens (tertiary/aromatic N) is 2. The van der Waals surface area contributed by atoms with Crippen molar-refractivity contribution in [1.29, 1.82) is 0 Å². The van der Waals surface area contributed by atoms with E-state index in [-0.39, 0.29) is 0 Å². The Balaban J connectivity index is 1.82. The van der Waals surface area contributed by atoms with Gasteiger partial charge >= 0.3 is 0 Å². The zero-order valence-corrected chi connectivity index (χ0v) is 8.98. The molecule has 0 aromatic rings. The molecule has 2 aliphatic rings. The van der Waals surface area contributed by atoms with Gasteiger partial charge in [-0.3, -0.25) is 0 Å². The second-order valence-corrected chi connectivity index (χ2v) is 4.85. The van der Waals surface area contributed by atoms with Crippen LogP contribution in [0, 0.1) is 0 Å². The van der Waals surface area contributed by atoms with Gasteiger partial charge in [0.15, 0.2) is 0 Å². The highest BCUT2D eigenvalue weighted by atomic mass is 32.2. The lowest BCUT2D eigenvalue weighted by molar-refractivity contribution is -0.0105. The highest BCUT2D eigenvalue weighted by molar-refractivity contribution is 7.99. The molecule has 0 atom stereocenters. The first-order chi connectivity index (χ1) is 6.47. The fourth-order valence-electron chi connectivity index (χ4n) is 1.95. The lowest BCUT2D eigenvalue weighted by atomic mass is 10.4. The summed E-state index contributed by atoms with van der Waals surface area (Å²) in [4.78, 5) is 0. The van der Waals surface area contributed by atoms with Crippen molar-refractivity contribution in [3.63, 3.8) is 0 Å². The summed E-state index contributed by atoms with van der Waals surface area (Å²) in [6, 6.07) is 0. The van der Waals surface area contributed by atoms with Gasteiger partial charge in [-0.25, -0.2) is 10.0 Å². The first kappa shape index (κ1) is 9.77. The van der Waals surface area contributed by atoms with E-state index in [4.69, 9.17) is 0 Å². The molecule has 0 aliphatic carbocycles. The van der Waals surface area contributed by atoms with E-state index in [1.54, 1.807) is 0 Å².